The maximum Gasteiger partial charge on any atom is 0.262 e. The molecular formula is C52H52Br4N6O4S7. The van der Waals surface area contributed by atoms with Crippen LogP contribution in [0.5, 0.6) is 0 Å². The van der Waals surface area contributed by atoms with E-state index in [1.165, 1.54) is 108 Å². The van der Waals surface area contributed by atoms with Crippen molar-refractivity contribution in [3.8, 4) is 40.4 Å². The Morgan fingerprint density at radius 3 is 1.22 bits per heavy atom. The van der Waals surface area contributed by atoms with Gasteiger partial charge in [0.25, 0.3) is 23.6 Å². The number of aromatic nitrogens is 2. The smallest absolute Gasteiger partial charge is 0.262 e. The zero-order valence-electron chi connectivity index (χ0n) is 40.8. The summed E-state index contributed by atoms with van der Waals surface area (Å²) in [5, 5.41) is 0. The molecule has 2 unspecified atom stereocenters. The quantitative estimate of drug-likeness (QED) is 0.0788. The van der Waals surface area contributed by atoms with E-state index in [9.17, 15) is 19.2 Å². The fourth-order valence-electron chi connectivity index (χ4n) is 8.65. The lowest BCUT2D eigenvalue weighted by molar-refractivity contribution is -0.136. The van der Waals surface area contributed by atoms with E-state index >= 15 is 0 Å². The van der Waals surface area contributed by atoms with E-state index < -0.39 is 0 Å². The van der Waals surface area contributed by atoms with Gasteiger partial charge in [-0.2, -0.15) is 17.5 Å². The zero-order valence-corrected chi connectivity index (χ0v) is 52.9. The van der Waals surface area contributed by atoms with Crippen LogP contribution < -0.4 is 0 Å². The molecule has 0 spiro atoms. The molecule has 73 heavy (non-hydrogen) atoms. The van der Waals surface area contributed by atoms with Crippen LogP contribution >= 0.6 is 132 Å². The number of thiophene rings is 5. The van der Waals surface area contributed by atoms with Crippen molar-refractivity contribution >= 4 is 190 Å². The highest BCUT2D eigenvalue weighted by Crippen LogP contribution is 2.56. The van der Waals surface area contributed by atoms with Crippen molar-refractivity contribution in [2.24, 2.45) is 32.4 Å². The first-order valence-corrected chi connectivity index (χ1v) is 32.7. The van der Waals surface area contributed by atoms with Crippen LogP contribution in [0.25, 0.3) is 51.4 Å². The van der Waals surface area contributed by atoms with Gasteiger partial charge in [0.2, 0.25) is 0 Å². The van der Waals surface area contributed by atoms with E-state index in [4.69, 9.17) is 0 Å². The molecule has 0 saturated heterocycles. The van der Waals surface area contributed by atoms with Crippen LogP contribution in [0.4, 0.5) is 11.4 Å². The maximum atomic E-state index is 13.9. The van der Waals surface area contributed by atoms with Gasteiger partial charge >= 0.3 is 0 Å². The lowest BCUT2D eigenvalue weighted by Gasteiger charge is -2.18. The third kappa shape index (κ3) is 13.5. The summed E-state index contributed by atoms with van der Waals surface area (Å²) in [6, 6.07) is 16.3. The molecule has 4 amide bonds. The third-order valence-electron chi connectivity index (χ3n) is 12.5. The van der Waals surface area contributed by atoms with Gasteiger partial charge in [-0.1, -0.05) is 80.1 Å². The minimum Gasteiger partial charge on any atom is -0.275 e. The monoisotopic (exact) mass is 1360 g/mol. The Balaban J connectivity index is 0.000000162. The first kappa shape index (κ1) is 56.5. The number of hydrogen-bond acceptors (Lipinski definition) is 14. The number of fused-ring (bicyclic) bond motifs is 3. The van der Waals surface area contributed by atoms with Crippen LogP contribution in [0.1, 0.15) is 114 Å². The van der Waals surface area contributed by atoms with Crippen LogP contribution in [-0.2, 0) is 20.9 Å². The molecule has 0 saturated carbocycles. The Morgan fingerprint density at radius 2 is 0.849 bits per heavy atom. The van der Waals surface area contributed by atoms with Gasteiger partial charge in [-0.15, -0.1) is 56.7 Å². The Labute approximate surface area is 487 Å². The fraction of sp³-hybridized carbons (Fsp3) is 0.385. The minimum atomic E-state index is -0.226. The highest BCUT2D eigenvalue weighted by atomic mass is 79.9. The molecule has 10 rings (SSSR count). The zero-order chi connectivity index (χ0) is 52.1. The van der Waals surface area contributed by atoms with Gasteiger partial charge in [0.05, 0.1) is 59.1 Å². The van der Waals surface area contributed by atoms with Crippen LogP contribution in [0.15, 0.2) is 84.6 Å². The van der Waals surface area contributed by atoms with E-state index in [1.54, 1.807) is 34.0 Å². The summed E-state index contributed by atoms with van der Waals surface area (Å²) < 4.78 is 22.4. The lowest BCUT2D eigenvalue weighted by Crippen LogP contribution is -2.31. The van der Waals surface area contributed by atoms with Gasteiger partial charge in [0.15, 0.2) is 0 Å². The van der Waals surface area contributed by atoms with Crippen LogP contribution in [-0.4, -0.2) is 55.3 Å². The van der Waals surface area contributed by atoms with E-state index in [2.05, 4.69) is 147 Å². The SMILES string of the molecule is Brc1ccc(-c2sc(-c3ccc(Br)s3)c3c2N=S=N3)s1.CC(C)CCCC(C)CCN1C(=O)C=CC1=O.CC(C)CCCC(C)CCN1C(=O)c2c(c(-c3ccc(Br)s3)c3nsnc3c2-c2ccc(Br)s2)C1=O. The van der Waals surface area contributed by atoms with E-state index in [1.807, 2.05) is 24.3 Å². The van der Waals surface area contributed by atoms with Crippen LogP contribution in [0, 0.1) is 23.7 Å². The minimum absolute atomic E-state index is 0.163. The van der Waals surface area contributed by atoms with E-state index in [0.717, 1.165) is 84.3 Å². The Hall–Kier alpha value is -2.70. The number of nitrogens with zero attached hydrogens (tertiary/aromatic N) is 6. The molecule has 0 aliphatic carbocycles. The Morgan fingerprint density at radius 1 is 0.466 bits per heavy atom. The van der Waals surface area contributed by atoms with E-state index in [-0.39, 0.29) is 23.6 Å². The van der Waals surface area contributed by atoms with Gasteiger partial charge in [0, 0.05) is 55.9 Å². The summed E-state index contributed by atoms with van der Waals surface area (Å²) in [5.41, 5.74) is 5.76. The topological polar surface area (TPSA) is 125 Å². The number of benzene rings is 1. The molecule has 9 heterocycles. The molecule has 7 aromatic rings. The number of halogens is 4. The van der Waals surface area contributed by atoms with Gasteiger partial charge < -0.3 is 0 Å². The number of amides is 4. The highest BCUT2D eigenvalue weighted by Gasteiger charge is 2.43. The second-order valence-electron chi connectivity index (χ2n) is 19.0. The summed E-state index contributed by atoms with van der Waals surface area (Å²) in [7, 11) is 0. The lowest BCUT2D eigenvalue weighted by atomic mass is 9.93. The summed E-state index contributed by atoms with van der Waals surface area (Å²) in [4.78, 5) is 60.0. The first-order chi connectivity index (χ1) is 35.0. The molecule has 3 aliphatic rings. The van der Waals surface area contributed by atoms with E-state index in [0.29, 0.717) is 53.0 Å². The number of carbonyl (C=O) groups is 4. The van der Waals surface area contributed by atoms with Crippen molar-refractivity contribution in [1.29, 1.82) is 0 Å². The third-order valence-corrected chi connectivity index (χ3v) is 21.6. The fourth-order valence-corrected chi connectivity index (χ4v) is 16.9. The van der Waals surface area contributed by atoms with Crippen LogP contribution in [0.2, 0.25) is 0 Å². The van der Waals surface area contributed by atoms with Gasteiger partial charge in [-0.05, 0) is 149 Å². The normalized spacial score (nSPS) is 14.6. The van der Waals surface area contributed by atoms with Crippen molar-refractivity contribution in [1.82, 2.24) is 18.5 Å². The largest absolute Gasteiger partial charge is 0.275 e. The Kier molecular flexibility index (Phi) is 19.8. The summed E-state index contributed by atoms with van der Waals surface area (Å²) in [5.74, 6) is 1.69. The van der Waals surface area contributed by atoms with Crippen molar-refractivity contribution in [2.75, 3.05) is 13.1 Å². The van der Waals surface area contributed by atoms with Crippen molar-refractivity contribution < 1.29 is 19.2 Å². The second-order valence-corrected chi connectivity index (χ2v) is 30.9. The standard InChI is InChI=1S/C26H25Br2N3O2S3.C14H23NO2.C12H4Br2N2S4/c1-13(2)5-4-6-14(3)11-12-31-25(32)21-19(15-7-9-17(27)34-15)23-24(30-36-29-23)20(22(21)26(31)33)16-8-10-18(28)35-16;1-11(2)5-4-6-12(3)9-10-15-13(16)7-8-14(15)17;13-7-3-1-5(17-7)11-9-10(16-20-15-9)12(19-11)6-2-4-8(14)18-6/h7-10,13-14H,4-6,11-12H2,1-3H3;7-8,11-12H,4-6,9-10H2,1-3H3;1-4H. The van der Waals surface area contributed by atoms with Crippen molar-refractivity contribution in [3.05, 3.63) is 87.0 Å². The molecule has 6 aromatic heterocycles. The molecule has 21 heteroatoms. The molecule has 0 N–H and O–H groups in total. The number of hydrogen-bond donors (Lipinski definition) is 0. The van der Waals surface area contributed by atoms with Crippen molar-refractivity contribution in [3.63, 3.8) is 0 Å². The van der Waals surface area contributed by atoms with Gasteiger partial charge in [-0.3, -0.25) is 29.0 Å². The molecule has 3 aliphatic heterocycles. The second kappa shape index (κ2) is 25.6. The average Bonchev–Trinajstić information content (AvgIpc) is 4.20. The van der Waals surface area contributed by atoms with Crippen molar-refractivity contribution in [2.45, 2.75) is 92.9 Å². The molecular weight excluding hydrogens is 1320 g/mol. The average molecular weight is 1370 g/mol. The molecule has 2 atom stereocenters. The molecule has 384 valence electrons. The summed E-state index contributed by atoms with van der Waals surface area (Å²) in [6.07, 6.45) is 11.6. The molecule has 10 nitrogen and oxygen atoms in total. The predicted molar refractivity (Wildman–Crippen MR) is 323 cm³/mol. The molecule has 1 aromatic carbocycles. The van der Waals surface area contributed by atoms with Gasteiger partial charge in [0.1, 0.15) is 22.4 Å². The number of carbonyl (C=O) groups excluding carboxylic acids is 4. The first-order valence-electron chi connectivity index (χ1n) is 24.0. The Bertz CT molecular complexity index is 3090. The number of rotatable bonds is 18. The van der Waals surface area contributed by atoms with Crippen LogP contribution in [0.3, 0.4) is 0 Å². The maximum absolute atomic E-state index is 13.9. The summed E-state index contributed by atoms with van der Waals surface area (Å²) >= 11 is 24.8. The predicted octanol–water partition coefficient (Wildman–Crippen LogP) is 19.3. The molecule has 0 radical (unpaired) electrons. The highest BCUT2D eigenvalue weighted by molar-refractivity contribution is 9.11. The summed E-state index contributed by atoms with van der Waals surface area (Å²) in [6.45, 7) is 14.3. The number of imide groups is 2. The molecule has 0 bridgehead atoms. The molecule has 0 fully saturated rings. The van der Waals surface area contributed by atoms with Gasteiger partial charge in [-0.25, -0.2) is 0 Å².